The smallest absolute Gasteiger partial charge is 0.418 e. The van der Waals surface area contributed by atoms with Gasteiger partial charge in [-0.1, -0.05) is 47.3 Å². The molecular weight excluding hydrogens is 623 g/mol. The Morgan fingerprint density at radius 1 is 1.20 bits per heavy atom. The predicted octanol–water partition coefficient (Wildman–Crippen LogP) is 6.17. The third-order valence-corrected chi connectivity index (χ3v) is 10.4. The van der Waals surface area contributed by atoms with Crippen LogP contribution in [0.3, 0.4) is 0 Å². The molecule has 0 spiro atoms. The molecule has 3 atom stereocenters. The normalized spacial score (nSPS) is 24.0. The van der Waals surface area contributed by atoms with E-state index in [1.807, 2.05) is 0 Å². The summed E-state index contributed by atoms with van der Waals surface area (Å²) in [7, 11) is 1.05. The molecule has 1 heterocycles. The maximum absolute atomic E-state index is 15.9. The molecule has 1 aliphatic carbocycles. The number of halogens is 2. The van der Waals surface area contributed by atoms with Crippen LogP contribution in [-0.4, -0.2) is 74.1 Å². The molecule has 13 heteroatoms. The van der Waals surface area contributed by atoms with Gasteiger partial charge in [0.05, 0.1) is 25.3 Å². The summed E-state index contributed by atoms with van der Waals surface area (Å²) in [5.74, 6) is -2.63. The van der Waals surface area contributed by atoms with Gasteiger partial charge >= 0.3 is 18.0 Å². The zero-order valence-electron chi connectivity index (χ0n) is 24.5. The second kappa shape index (κ2) is 11.7. The fraction of sp³-hybridized carbons (Fsp3) is 0.630. The van der Waals surface area contributed by atoms with E-state index in [1.54, 1.807) is 27.7 Å². The number of ether oxygens (including phenoxy) is 4. The van der Waals surface area contributed by atoms with Crippen molar-refractivity contribution in [2.45, 2.75) is 75.7 Å². The first kappa shape index (κ1) is 32.6. The van der Waals surface area contributed by atoms with E-state index in [9.17, 15) is 14.4 Å². The minimum absolute atomic E-state index is 0.0830. The van der Waals surface area contributed by atoms with E-state index in [1.165, 1.54) is 31.3 Å². The van der Waals surface area contributed by atoms with E-state index in [4.69, 9.17) is 23.9 Å². The first-order valence-corrected chi connectivity index (χ1v) is 18.2. The molecule has 0 aromatic heterocycles. The van der Waals surface area contributed by atoms with Crippen molar-refractivity contribution < 1.29 is 37.7 Å². The largest absolute Gasteiger partial charge is 0.468 e. The Hall–Kier alpha value is -1.96. The van der Waals surface area contributed by atoms with Gasteiger partial charge in [0.25, 0.3) is 0 Å². The highest BCUT2D eigenvalue weighted by atomic mass is 79.9. The Kier molecular flexibility index (Phi) is 9.54. The van der Waals surface area contributed by atoms with Crippen LogP contribution in [0.25, 0.3) is 0 Å². The summed E-state index contributed by atoms with van der Waals surface area (Å²) in [6.45, 7) is 13.8. The fourth-order valence-corrected chi connectivity index (χ4v) is 7.33. The van der Waals surface area contributed by atoms with Gasteiger partial charge in [0.15, 0.2) is 5.17 Å². The van der Waals surface area contributed by atoms with E-state index in [0.717, 1.165) is 17.8 Å². The SMILES string of the molecule is COC(=O)c1cc(Br)cc([C@@]2(C)N=C(N(COCC[Si](C)(C)C)C(=O)OC(C)(C)C)S[C@@]3(C(=O)OC)C[C@H]32)c1F. The zero-order chi connectivity index (χ0) is 30.3. The van der Waals surface area contributed by atoms with Crippen molar-refractivity contribution in [3.8, 4) is 0 Å². The number of hydrogen-bond acceptors (Lipinski definition) is 9. The topological polar surface area (TPSA) is 104 Å². The number of carbonyl (C=O) groups excluding carboxylic acids is 3. The molecule has 0 bridgehead atoms. The molecule has 1 aromatic rings. The van der Waals surface area contributed by atoms with Gasteiger partial charge in [-0.15, -0.1) is 0 Å². The number of aliphatic imine (C=N–C) groups is 1. The third kappa shape index (κ3) is 6.91. The molecule has 0 unspecified atom stereocenters. The van der Waals surface area contributed by atoms with Gasteiger partial charge in [0.2, 0.25) is 0 Å². The van der Waals surface area contributed by atoms with Gasteiger partial charge < -0.3 is 18.9 Å². The van der Waals surface area contributed by atoms with E-state index in [0.29, 0.717) is 17.5 Å². The van der Waals surface area contributed by atoms with Crippen molar-refractivity contribution in [2.24, 2.45) is 10.9 Å². The first-order valence-electron chi connectivity index (χ1n) is 12.9. The fourth-order valence-electron chi connectivity index (χ4n) is 4.53. The molecule has 40 heavy (non-hydrogen) atoms. The monoisotopic (exact) mass is 660 g/mol. The van der Waals surface area contributed by atoms with Crippen LogP contribution >= 0.6 is 27.7 Å². The number of benzene rings is 1. The molecule has 222 valence electrons. The lowest BCUT2D eigenvalue weighted by Crippen LogP contribution is -2.47. The number of esters is 2. The second-order valence-corrected chi connectivity index (χ2v) is 20.2. The molecule has 3 rings (SSSR count). The van der Waals surface area contributed by atoms with E-state index < -0.39 is 53.7 Å². The molecule has 2 aliphatic rings. The Balaban J connectivity index is 2.14. The predicted molar refractivity (Wildman–Crippen MR) is 158 cm³/mol. The molecule has 0 radical (unpaired) electrons. The molecule has 0 saturated heterocycles. The van der Waals surface area contributed by atoms with Crippen molar-refractivity contribution in [3.63, 3.8) is 0 Å². The maximum atomic E-state index is 15.9. The van der Waals surface area contributed by atoms with Gasteiger partial charge in [-0.2, -0.15) is 0 Å². The van der Waals surface area contributed by atoms with E-state index in [2.05, 4.69) is 35.6 Å². The minimum atomic E-state index is -1.41. The summed E-state index contributed by atoms with van der Waals surface area (Å²) in [5.41, 5.74) is -2.35. The Morgan fingerprint density at radius 2 is 1.85 bits per heavy atom. The summed E-state index contributed by atoms with van der Waals surface area (Å²) in [5, 5.41) is 0.142. The van der Waals surface area contributed by atoms with Crippen LogP contribution in [0.5, 0.6) is 0 Å². The second-order valence-electron chi connectivity index (χ2n) is 12.3. The number of fused-ring (bicyclic) bond motifs is 1. The molecule has 9 nitrogen and oxygen atoms in total. The number of amides is 1. The molecule has 1 saturated carbocycles. The van der Waals surface area contributed by atoms with Crippen LogP contribution in [0.2, 0.25) is 25.7 Å². The summed E-state index contributed by atoms with van der Waals surface area (Å²) in [4.78, 5) is 45.1. The van der Waals surface area contributed by atoms with Gasteiger partial charge in [0.1, 0.15) is 22.9 Å². The van der Waals surface area contributed by atoms with Gasteiger partial charge in [-0.25, -0.2) is 18.9 Å². The third-order valence-electron chi connectivity index (χ3n) is 6.77. The summed E-state index contributed by atoms with van der Waals surface area (Å²) in [6, 6.07) is 3.73. The number of carbonyl (C=O) groups is 3. The highest BCUT2D eigenvalue weighted by molar-refractivity contribution is 9.10. The summed E-state index contributed by atoms with van der Waals surface area (Å²) >= 11 is 4.45. The highest BCUT2D eigenvalue weighted by Gasteiger charge is 2.72. The standard InChI is InChI=1S/C27H38BrFN2O7SSi/c1-25(2,3)38-24(34)31(15-37-10-11-40(7,8)9)23-30-26(4,19-14-27(19,39-23)22(33)36-6)18-13-16(28)12-17(20(18)29)21(32)35-5/h12-13,19H,10-11,14-15H2,1-9H3/t19-,26+,27-/m0/s1. The van der Waals surface area contributed by atoms with Crippen molar-refractivity contribution in [2.75, 3.05) is 27.6 Å². The number of nitrogens with zero attached hydrogens (tertiary/aromatic N) is 2. The highest BCUT2D eigenvalue weighted by Crippen LogP contribution is 2.67. The number of amidine groups is 1. The Labute approximate surface area is 248 Å². The van der Waals surface area contributed by atoms with Crippen molar-refractivity contribution in [1.29, 1.82) is 0 Å². The van der Waals surface area contributed by atoms with E-state index >= 15 is 4.39 Å². The Bertz CT molecular complexity index is 1220. The van der Waals surface area contributed by atoms with E-state index in [-0.39, 0.29) is 23.0 Å². The maximum Gasteiger partial charge on any atom is 0.418 e. The summed E-state index contributed by atoms with van der Waals surface area (Å²) < 4.78 is 36.8. The average molecular weight is 662 g/mol. The molecular formula is C27H38BrFN2O7SSi. The zero-order valence-corrected chi connectivity index (χ0v) is 27.9. The number of methoxy groups -OCH3 is 2. The molecule has 1 aliphatic heterocycles. The first-order chi connectivity index (χ1) is 18.4. The van der Waals surface area contributed by atoms with Crippen LogP contribution in [0.4, 0.5) is 9.18 Å². The van der Waals surface area contributed by atoms with Gasteiger partial charge in [-0.05, 0) is 52.3 Å². The lowest BCUT2D eigenvalue weighted by atomic mass is 9.84. The Morgan fingerprint density at radius 3 is 2.40 bits per heavy atom. The average Bonchev–Trinajstić information content (AvgIpc) is 3.59. The minimum Gasteiger partial charge on any atom is -0.468 e. The molecule has 1 fully saturated rings. The van der Waals surface area contributed by atoms with Crippen molar-refractivity contribution >= 4 is 59.0 Å². The molecule has 0 N–H and O–H groups in total. The summed E-state index contributed by atoms with van der Waals surface area (Å²) in [6.07, 6.45) is -0.385. The van der Waals surface area contributed by atoms with Crippen LogP contribution < -0.4 is 0 Å². The number of thioether (sulfide) groups is 1. The van der Waals surface area contributed by atoms with Crippen LogP contribution in [0.1, 0.15) is 50.0 Å². The molecule has 1 aromatic carbocycles. The van der Waals surface area contributed by atoms with Gasteiger partial charge in [-0.3, -0.25) is 9.79 Å². The van der Waals surface area contributed by atoms with Crippen LogP contribution in [0.15, 0.2) is 21.6 Å². The molecule has 1 amide bonds. The van der Waals surface area contributed by atoms with Crippen molar-refractivity contribution in [3.05, 3.63) is 33.5 Å². The number of hydrogen-bond donors (Lipinski definition) is 0. The van der Waals surface area contributed by atoms with Gasteiger partial charge in [0, 0.05) is 30.6 Å². The lowest BCUT2D eigenvalue weighted by molar-refractivity contribution is -0.141. The van der Waals surface area contributed by atoms with Crippen LogP contribution in [0, 0.1) is 11.7 Å². The van der Waals surface area contributed by atoms with Crippen molar-refractivity contribution in [1.82, 2.24) is 4.90 Å². The number of rotatable bonds is 8. The van der Waals surface area contributed by atoms with Crippen LogP contribution in [-0.2, 0) is 29.3 Å². The lowest BCUT2D eigenvalue weighted by Gasteiger charge is -2.37. The quantitative estimate of drug-likeness (QED) is 0.107.